The summed E-state index contributed by atoms with van der Waals surface area (Å²) in [5, 5.41) is 2.56. The van der Waals surface area contributed by atoms with Gasteiger partial charge in [0.2, 0.25) is 0 Å². The molecule has 0 aliphatic carbocycles. The molecule has 0 aliphatic rings. The van der Waals surface area contributed by atoms with E-state index in [1.807, 2.05) is 6.92 Å². The lowest BCUT2D eigenvalue weighted by molar-refractivity contribution is -0.123. The van der Waals surface area contributed by atoms with E-state index in [0.717, 1.165) is 6.42 Å². The highest BCUT2D eigenvalue weighted by Gasteiger charge is 2.19. The van der Waals surface area contributed by atoms with Crippen LogP contribution in [0.2, 0.25) is 0 Å². The van der Waals surface area contributed by atoms with Crippen LogP contribution in [0.25, 0.3) is 0 Å². The van der Waals surface area contributed by atoms with E-state index in [4.69, 9.17) is 9.47 Å². The lowest BCUT2D eigenvalue weighted by atomic mass is 10.2. The quantitative estimate of drug-likeness (QED) is 0.775. The fourth-order valence-corrected chi connectivity index (χ4v) is 1.97. The van der Waals surface area contributed by atoms with Gasteiger partial charge in [-0.3, -0.25) is 4.79 Å². The number of nitrogens with one attached hydrogen (secondary N) is 1. The molecule has 0 heterocycles. The minimum absolute atomic E-state index is 0.324. The molecule has 0 fully saturated rings. The Bertz CT molecular complexity index is 713. The maximum atomic E-state index is 12.8. The number of carbonyl (C=O) groups is 2. The van der Waals surface area contributed by atoms with Crippen LogP contribution in [0, 0.1) is 5.82 Å². The van der Waals surface area contributed by atoms with E-state index in [9.17, 15) is 14.0 Å². The van der Waals surface area contributed by atoms with Gasteiger partial charge in [0.05, 0.1) is 12.2 Å². The Morgan fingerprint density at radius 3 is 2.32 bits per heavy atom. The molecule has 6 heteroatoms. The van der Waals surface area contributed by atoms with Crippen LogP contribution >= 0.6 is 0 Å². The Balaban J connectivity index is 1.90. The van der Waals surface area contributed by atoms with Gasteiger partial charge in [0.15, 0.2) is 6.10 Å². The van der Waals surface area contributed by atoms with Gasteiger partial charge in [-0.05, 0) is 61.9 Å². The molecule has 2 aromatic rings. The fourth-order valence-electron chi connectivity index (χ4n) is 1.97. The highest BCUT2D eigenvalue weighted by Crippen LogP contribution is 2.14. The van der Waals surface area contributed by atoms with Gasteiger partial charge in [0, 0.05) is 5.69 Å². The average Bonchev–Trinajstić information content (AvgIpc) is 2.62. The van der Waals surface area contributed by atoms with E-state index >= 15 is 0 Å². The van der Waals surface area contributed by atoms with Crippen molar-refractivity contribution in [3.63, 3.8) is 0 Å². The monoisotopic (exact) mass is 345 g/mol. The number of esters is 1. The zero-order valence-electron chi connectivity index (χ0n) is 14.1. The highest BCUT2D eigenvalue weighted by molar-refractivity contribution is 5.97. The average molecular weight is 345 g/mol. The van der Waals surface area contributed by atoms with Crippen LogP contribution in [0.5, 0.6) is 5.75 Å². The smallest absolute Gasteiger partial charge is 0.338 e. The van der Waals surface area contributed by atoms with E-state index < -0.39 is 23.8 Å². The largest absolute Gasteiger partial charge is 0.494 e. The maximum absolute atomic E-state index is 12.8. The van der Waals surface area contributed by atoms with Gasteiger partial charge in [-0.1, -0.05) is 6.92 Å². The second-order valence-electron chi connectivity index (χ2n) is 5.42. The summed E-state index contributed by atoms with van der Waals surface area (Å²) < 4.78 is 23.4. The number of amides is 1. The van der Waals surface area contributed by atoms with Crippen LogP contribution in [0.4, 0.5) is 10.1 Å². The number of hydrogen-bond acceptors (Lipinski definition) is 4. The molecule has 2 rings (SSSR count). The van der Waals surface area contributed by atoms with Gasteiger partial charge >= 0.3 is 5.97 Å². The molecular weight excluding hydrogens is 325 g/mol. The molecule has 0 aromatic heterocycles. The molecule has 1 amide bonds. The molecular formula is C19H20FNO4. The summed E-state index contributed by atoms with van der Waals surface area (Å²) in [7, 11) is 0. The Hall–Kier alpha value is -2.89. The molecule has 0 bridgehead atoms. The van der Waals surface area contributed by atoms with Gasteiger partial charge < -0.3 is 14.8 Å². The molecule has 25 heavy (non-hydrogen) atoms. The molecule has 132 valence electrons. The Labute approximate surface area is 145 Å². The first-order chi connectivity index (χ1) is 12.0. The minimum Gasteiger partial charge on any atom is -0.494 e. The molecule has 0 spiro atoms. The van der Waals surface area contributed by atoms with Crippen molar-refractivity contribution in [1.82, 2.24) is 0 Å². The van der Waals surface area contributed by atoms with Crippen LogP contribution in [-0.2, 0) is 9.53 Å². The number of rotatable bonds is 7. The summed E-state index contributed by atoms with van der Waals surface area (Å²) in [5.74, 6) is -0.837. The van der Waals surface area contributed by atoms with Crippen molar-refractivity contribution in [2.24, 2.45) is 0 Å². The van der Waals surface area contributed by atoms with E-state index in [2.05, 4.69) is 5.32 Å². The molecule has 0 saturated carbocycles. The van der Waals surface area contributed by atoms with Gasteiger partial charge in [-0.25, -0.2) is 9.18 Å². The molecule has 0 aliphatic heterocycles. The van der Waals surface area contributed by atoms with Crippen molar-refractivity contribution in [2.75, 3.05) is 11.9 Å². The number of anilines is 1. The molecule has 2 aromatic carbocycles. The Kier molecular flexibility index (Phi) is 6.51. The third-order valence-electron chi connectivity index (χ3n) is 3.33. The molecule has 1 atom stereocenters. The van der Waals surface area contributed by atoms with Crippen LogP contribution in [0.1, 0.15) is 30.6 Å². The van der Waals surface area contributed by atoms with Crippen LogP contribution in [-0.4, -0.2) is 24.6 Å². The number of carbonyl (C=O) groups excluding carboxylic acids is 2. The SMILES string of the molecule is CCCOc1ccc(C(=O)O[C@@H](C)C(=O)Nc2ccc(F)cc2)cc1. The lowest BCUT2D eigenvalue weighted by Gasteiger charge is -2.14. The first-order valence-corrected chi connectivity index (χ1v) is 8.00. The number of halogens is 1. The molecule has 1 N–H and O–H groups in total. The topological polar surface area (TPSA) is 64.6 Å². The first kappa shape index (κ1) is 18.4. The second-order valence-corrected chi connectivity index (χ2v) is 5.42. The summed E-state index contributed by atoms with van der Waals surface area (Å²) in [5.41, 5.74) is 0.747. The Morgan fingerprint density at radius 2 is 1.72 bits per heavy atom. The van der Waals surface area contributed by atoms with Crippen LogP contribution in [0.15, 0.2) is 48.5 Å². The van der Waals surface area contributed by atoms with E-state index in [0.29, 0.717) is 23.6 Å². The predicted molar refractivity (Wildman–Crippen MR) is 92.1 cm³/mol. The highest BCUT2D eigenvalue weighted by atomic mass is 19.1. The van der Waals surface area contributed by atoms with Gasteiger partial charge in [-0.15, -0.1) is 0 Å². The van der Waals surface area contributed by atoms with Crippen molar-refractivity contribution in [2.45, 2.75) is 26.4 Å². The van der Waals surface area contributed by atoms with E-state index in [1.54, 1.807) is 24.3 Å². The summed E-state index contributed by atoms with van der Waals surface area (Å²) in [6.07, 6.45) is -0.0987. The second kappa shape index (κ2) is 8.82. The zero-order valence-corrected chi connectivity index (χ0v) is 14.1. The third kappa shape index (κ3) is 5.60. The molecule has 0 saturated heterocycles. The molecule has 0 radical (unpaired) electrons. The Morgan fingerprint density at radius 1 is 1.08 bits per heavy atom. The van der Waals surface area contributed by atoms with Crippen molar-refractivity contribution in [3.8, 4) is 5.75 Å². The van der Waals surface area contributed by atoms with Crippen molar-refractivity contribution >= 4 is 17.6 Å². The standard InChI is InChI=1S/C19H20FNO4/c1-3-12-24-17-10-4-14(5-11-17)19(23)25-13(2)18(22)21-16-8-6-15(20)7-9-16/h4-11,13H,3,12H2,1-2H3,(H,21,22)/t13-/m0/s1. The predicted octanol–water partition coefficient (Wildman–Crippen LogP) is 3.80. The van der Waals surface area contributed by atoms with Gasteiger partial charge in [-0.2, -0.15) is 0 Å². The molecule has 5 nitrogen and oxygen atoms in total. The van der Waals surface area contributed by atoms with Crippen molar-refractivity contribution in [1.29, 1.82) is 0 Å². The van der Waals surface area contributed by atoms with Crippen LogP contribution < -0.4 is 10.1 Å². The minimum atomic E-state index is -0.992. The maximum Gasteiger partial charge on any atom is 0.338 e. The summed E-state index contributed by atoms with van der Waals surface area (Å²) in [4.78, 5) is 24.1. The van der Waals surface area contributed by atoms with Crippen molar-refractivity contribution in [3.05, 3.63) is 59.9 Å². The van der Waals surface area contributed by atoms with Gasteiger partial charge in [0.1, 0.15) is 11.6 Å². The lowest BCUT2D eigenvalue weighted by Crippen LogP contribution is -2.30. The third-order valence-corrected chi connectivity index (χ3v) is 3.33. The number of ether oxygens (including phenoxy) is 2. The summed E-state index contributed by atoms with van der Waals surface area (Å²) in [6, 6.07) is 11.8. The van der Waals surface area contributed by atoms with E-state index in [1.165, 1.54) is 31.2 Å². The molecule has 0 unspecified atom stereocenters. The number of hydrogen-bond donors (Lipinski definition) is 1. The zero-order chi connectivity index (χ0) is 18.2. The van der Waals surface area contributed by atoms with E-state index in [-0.39, 0.29) is 0 Å². The first-order valence-electron chi connectivity index (χ1n) is 8.00. The van der Waals surface area contributed by atoms with Crippen molar-refractivity contribution < 1.29 is 23.5 Å². The van der Waals surface area contributed by atoms with Crippen LogP contribution in [0.3, 0.4) is 0 Å². The summed E-state index contributed by atoms with van der Waals surface area (Å²) >= 11 is 0. The van der Waals surface area contributed by atoms with Gasteiger partial charge in [0.25, 0.3) is 5.91 Å². The fraction of sp³-hybridized carbons (Fsp3) is 0.263. The number of benzene rings is 2. The normalized spacial score (nSPS) is 11.5. The summed E-state index contributed by atoms with van der Waals surface area (Å²) in [6.45, 7) is 4.07.